The molecule has 2 saturated heterocycles. The molecule has 3 N–H and O–H groups in total. The van der Waals surface area contributed by atoms with Crippen molar-refractivity contribution in [1.82, 2.24) is 15.3 Å². The molecule has 2 aliphatic rings. The molecule has 6 heteroatoms. The van der Waals surface area contributed by atoms with E-state index in [2.05, 4.69) is 48.2 Å². The third kappa shape index (κ3) is 4.62. The maximum atomic E-state index is 12.6. The van der Waals surface area contributed by atoms with Crippen LogP contribution in [0.1, 0.15) is 35.1 Å². The topological polar surface area (TPSA) is 70.8 Å². The molecule has 0 atom stereocenters. The summed E-state index contributed by atoms with van der Waals surface area (Å²) in [6.07, 6.45) is 1.92. The van der Waals surface area contributed by atoms with Crippen molar-refractivity contribution >= 4 is 5.91 Å². The second-order valence-corrected chi connectivity index (χ2v) is 7.78. The fourth-order valence-electron chi connectivity index (χ4n) is 4.11. The Balaban J connectivity index is 1.54. The fraction of sp³-hybridized carbons (Fsp3) is 0.650. The summed E-state index contributed by atoms with van der Waals surface area (Å²) in [5, 5.41) is 7.81. The molecule has 0 aromatic heterocycles. The van der Waals surface area contributed by atoms with Crippen molar-refractivity contribution < 1.29 is 9.53 Å². The van der Waals surface area contributed by atoms with E-state index in [-0.39, 0.29) is 5.91 Å². The van der Waals surface area contributed by atoms with Crippen molar-refractivity contribution in [3.63, 3.8) is 0 Å². The molecule has 6 nitrogen and oxygen atoms in total. The first-order valence-electron chi connectivity index (χ1n) is 9.60. The van der Waals surface area contributed by atoms with Crippen LogP contribution in [0.15, 0.2) is 12.1 Å². The van der Waals surface area contributed by atoms with Crippen LogP contribution in [0.5, 0.6) is 0 Å². The molecule has 0 bridgehead atoms. The fourth-order valence-corrected chi connectivity index (χ4v) is 4.11. The number of aryl methyl sites for hydroxylation is 3. The Morgan fingerprint density at radius 2 is 1.62 bits per heavy atom. The number of amides is 1. The number of carbonyl (C=O) groups is 1. The van der Waals surface area contributed by atoms with Crippen molar-refractivity contribution in [2.45, 2.75) is 45.7 Å². The molecule has 0 aliphatic carbocycles. The van der Waals surface area contributed by atoms with Crippen molar-refractivity contribution in [2.24, 2.45) is 5.73 Å². The molecule has 0 spiro atoms. The van der Waals surface area contributed by atoms with E-state index >= 15 is 0 Å². The van der Waals surface area contributed by atoms with Gasteiger partial charge in [-0.05, 0) is 50.3 Å². The number of carbonyl (C=O) groups excluding carboxylic acids is 1. The molecule has 1 amide bonds. The van der Waals surface area contributed by atoms with Crippen LogP contribution in [0.2, 0.25) is 0 Å². The van der Waals surface area contributed by atoms with Crippen LogP contribution >= 0.6 is 0 Å². The first-order valence-corrected chi connectivity index (χ1v) is 9.60. The minimum Gasteiger partial charge on any atom is -0.379 e. The third-order valence-corrected chi connectivity index (χ3v) is 5.59. The molecular formula is C20H32N4O2. The van der Waals surface area contributed by atoms with Crippen molar-refractivity contribution in [2.75, 3.05) is 39.4 Å². The number of nitrogens with zero attached hydrogens (tertiary/aromatic N) is 2. The summed E-state index contributed by atoms with van der Waals surface area (Å²) in [5.74, 6) is 0.0161. The number of hydrogen-bond donors (Lipinski definition) is 2. The molecule has 144 valence electrons. The number of piperidine rings is 1. The van der Waals surface area contributed by atoms with Crippen LogP contribution in [0.3, 0.4) is 0 Å². The number of morpholine rings is 1. The monoisotopic (exact) mass is 360 g/mol. The second kappa shape index (κ2) is 8.05. The molecule has 2 fully saturated rings. The number of rotatable bonds is 4. The number of hydrazine groups is 1. The van der Waals surface area contributed by atoms with E-state index in [4.69, 9.17) is 10.5 Å². The van der Waals surface area contributed by atoms with Gasteiger partial charge in [0.05, 0.1) is 25.3 Å². The van der Waals surface area contributed by atoms with Gasteiger partial charge < -0.3 is 15.8 Å². The van der Waals surface area contributed by atoms with Gasteiger partial charge >= 0.3 is 0 Å². The predicted octanol–water partition coefficient (Wildman–Crippen LogP) is 1.27. The number of nitrogens with two attached hydrogens (primary N) is 1. The van der Waals surface area contributed by atoms with Gasteiger partial charge in [0, 0.05) is 26.2 Å². The molecule has 1 aromatic carbocycles. The Labute approximate surface area is 156 Å². The van der Waals surface area contributed by atoms with Gasteiger partial charge in [-0.25, -0.2) is 10.0 Å². The van der Waals surface area contributed by atoms with Crippen LogP contribution in [-0.4, -0.2) is 61.0 Å². The van der Waals surface area contributed by atoms with E-state index in [0.717, 1.165) is 57.8 Å². The number of hydrogen-bond acceptors (Lipinski definition) is 5. The minimum absolute atomic E-state index is 0.0161. The van der Waals surface area contributed by atoms with Gasteiger partial charge in [0.25, 0.3) is 0 Å². The summed E-state index contributed by atoms with van der Waals surface area (Å²) in [5.41, 5.74) is 10.6. The predicted molar refractivity (Wildman–Crippen MR) is 103 cm³/mol. The Morgan fingerprint density at radius 3 is 2.19 bits per heavy atom. The molecule has 0 unspecified atom stereocenters. The molecular weight excluding hydrogens is 328 g/mol. The van der Waals surface area contributed by atoms with Crippen molar-refractivity contribution in [3.8, 4) is 0 Å². The standard InChI is InChI=1S/C20H32N4O2/c1-15-12-16(2)18(17(3)13-15)14-19(25)22-20(21)4-6-23(7-5-20)24-8-10-26-11-9-24/h12-13H,4-11,14,21H2,1-3H3,(H,22,25). The summed E-state index contributed by atoms with van der Waals surface area (Å²) in [6, 6.07) is 4.27. The second-order valence-electron chi connectivity index (χ2n) is 7.78. The normalized spacial score (nSPS) is 21.5. The Bertz CT molecular complexity index is 624. The Hall–Kier alpha value is -1.47. The molecule has 0 radical (unpaired) electrons. The largest absolute Gasteiger partial charge is 0.379 e. The van der Waals surface area contributed by atoms with Crippen LogP contribution in [0.4, 0.5) is 0 Å². The lowest BCUT2D eigenvalue weighted by Crippen LogP contribution is -2.64. The summed E-state index contributed by atoms with van der Waals surface area (Å²) < 4.78 is 5.42. The maximum Gasteiger partial charge on any atom is 0.225 e. The minimum atomic E-state index is -0.605. The van der Waals surface area contributed by atoms with Crippen LogP contribution in [-0.2, 0) is 16.0 Å². The van der Waals surface area contributed by atoms with E-state index in [0.29, 0.717) is 6.42 Å². The van der Waals surface area contributed by atoms with E-state index in [9.17, 15) is 4.79 Å². The highest BCUT2D eigenvalue weighted by Gasteiger charge is 2.34. The zero-order valence-electron chi connectivity index (χ0n) is 16.3. The number of ether oxygens (including phenoxy) is 1. The molecule has 26 heavy (non-hydrogen) atoms. The lowest BCUT2D eigenvalue weighted by molar-refractivity contribution is -0.126. The smallest absolute Gasteiger partial charge is 0.225 e. The highest BCUT2D eigenvalue weighted by atomic mass is 16.5. The van der Waals surface area contributed by atoms with Crippen LogP contribution in [0.25, 0.3) is 0 Å². The third-order valence-electron chi connectivity index (χ3n) is 5.59. The Kier molecular flexibility index (Phi) is 5.97. The van der Waals surface area contributed by atoms with Gasteiger partial charge in [0.1, 0.15) is 0 Å². The average Bonchev–Trinajstić information content (AvgIpc) is 2.59. The Morgan fingerprint density at radius 1 is 1.08 bits per heavy atom. The highest BCUT2D eigenvalue weighted by molar-refractivity contribution is 5.80. The van der Waals surface area contributed by atoms with E-state index in [1.807, 2.05) is 0 Å². The summed E-state index contributed by atoms with van der Waals surface area (Å²) >= 11 is 0. The molecule has 2 heterocycles. The zero-order chi connectivity index (χ0) is 18.7. The summed E-state index contributed by atoms with van der Waals surface area (Å²) in [4.78, 5) is 12.6. The van der Waals surface area contributed by atoms with Gasteiger partial charge in [-0.1, -0.05) is 17.7 Å². The quantitative estimate of drug-likeness (QED) is 0.792. The average molecular weight is 361 g/mol. The SMILES string of the molecule is Cc1cc(C)c(CC(=O)NC2(N)CCN(N3CCOCC3)CC2)c(C)c1. The lowest BCUT2D eigenvalue weighted by atomic mass is 9.95. The first kappa shape index (κ1) is 19.3. The van der Waals surface area contributed by atoms with Crippen LogP contribution < -0.4 is 11.1 Å². The number of nitrogens with one attached hydrogen (secondary N) is 1. The zero-order valence-corrected chi connectivity index (χ0v) is 16.3. The first-order chi connectivity index (χ1) is 12.4. The van der Waals surface area contributed by atoms with E-state index < -0.39 is 5.66 Å². The maximum absolute atomic E-state index is 12.6. The molecule has 0 saturated carbocycles. The summed E-state index contributed by atoms with van der Waals surface area (Å²) in [6.45, 7) is 11.4. The van der Waals surface area contributed by atoms with Crippen molar-refractivity contribution in [1.29, 1.82) is 0 Å². The number of benzene rings is 1. The molecule has 3 rings (SSSR count). The van der Waals surface area contributed by atoms with Gasteiger partial charge in [-0.2, -0.15) is 0 Å². The molecule has 1 aromatic rings. The summed E-state index contributed by atoms with van der Waals surface area (Å²) in [7, 11) is 0. The van der Waals surface area contributed by atoms with Crippen molar-refractivity contribution in [3.05, 3.63) is 34.4 Å². The van der Waals surface area contributed by atoms with Gasteiger partial charge in [-0.15, -0.1) is 0 Å². The van der Waals surface area contributed by atoms with Gasteiger partial charge in [0.2, 0.25) is 5.91 Å². The van der Waals surface area contributed by atoms with Gasteiger partial charge in [0.15, 0.2) is 0 Å². The molecule has 2 aliphatic heterocycles. The lowest BCUT2D eigenvalue weighted by Gasteiger charge is -2.45. The van der Waals surface area contributed by atoms with Crippen LogP contribution in [0, 0.1) is 20.8 Å². The van der Waals surface area contributed by atoms with Gasteiger partial charge in [-0.3, -0.25) is 4.79 Å². The highest BCUT2D eigenvalue weighted by Crippen LogP contribution is 2.21. The van der Waals surface area contributed by atoms with E-state index in [1.165, 1.54) is 16.7 Å². The van der Waals surface area contributed by atoms with E-state index in [1.54, 1.807) is 0 Å².